The predicted molar refractivity (Wildman–Crippen MR) is 42.4 cm³/mol. The normalized spacial score (nSPS) is 10.1. The summed E-state index contributed by atoms with van der Waals surface area (Å²) in [6.45, 7) is 0. The summed E-state index contributed by atoms with van der Waals surface area (Å²) in [4.78, 5) is 0. The van der Waals surface area contributed by atoms with Crippen molar-refractivity contribution in [1.82, 2.24) is 0 Å². The molecule has 1 rings (SSSR count). The predicted octanol–water partition coefficient (Wildman–Crippen LogP) is 2.65. The maximum Gasteiger partial charge on any atom is 0.182 e. The molecule has 2 N–H and O–H groups in total. The minimum absolute atomic E-state index is 0.101. The minimum atomic E-state index is -0.924. The van der Waals surface area contributed by atoms with E-state index in [1.165, 1.54) is 0 Å². The second-order valence-corrected chi connectivity index (χ2v) is 3.05. The van der Waals surface area contributed by atoms with Crippen LogP contribution in [0.2, 0.25) is 5.02 Å². The molecule has 11 heavy (non-hydrogen) atoms. The first-order chi connectivity index (χ1) is 5.04. The molecule has 1 aromatic rings. The maximum absolute atomic E-state index is 12.7. The summed E-state index contributed by atoms with van der Waals surface area (Å²) in [5.41, 5.74) is 0. The van der Waals surface area contributed by atoms with Crippen LogP contribution in [-0.4, -0.2) is 10.2 Å². The lowest BCUT2D eigenvalue weighted by Gasteiger charge is -2.02. The highest BCUT2D eigenvalue weighted by Gasteiger charge is 2.13. The molecule has 0 aromatic heterocycles. The van der Waals surface area contributed by atoms with Gasteiger partial charge in [0, 0.05) is 6.07 Å². The van der Waals surface area contributed by atoms with E-state index in [-0.39, 0.29) is 9.50 Å². The smallest absolute Gasteiger partial charge is 0.182 e. The molecule has 2 nitrogen and oxygen atoms in total. The molecule has 0 bridgehead atoms. The van der Waals surface area contributed by atoms with E-state index >= 15 is 0 Å². The van der Waals surface area contributed by atoms with Crippen LogP contribution in [0.4, 0.5) is 4.39 Å². The molecule has 0 fully saturated rings. The van der Waals surface area contributed by atoms with Crippen molar-refractivity contribution in [2.24, 2.45) is 0 Å². The first-order valence-corrected chi connectivity index (χ1v) is 3.76. The summed E-state index contributed by atoms with van der Waals surface area (Å²) in [6.07, 6.45) is 0. The van der Waals surface area contributed by atoms with Gasteiger partial charge in [-0.15, -0.1) is 0 Å². The fourth-order valence-electron chi connectivity index (χ4n) is 0.573. The van der Waals surface area contributed by atoms with Gasteiger partial charge in [0.1, 0.15) is 4.47 Å². The Morgan fingerprint density at radius 3 is 2.55 bits per heavy atom. The third-order valence-corrected chi connectivity index (χ3v) is 2.13. The van der Waals surface area contributed by atoms with Gasteiger partial charge in [-0.1, -0.05) is 11.6 Å². The van der Waals surface area contributed by atoms with Crippen LogP contribution in [0.1, 0.15) is 0 Å². The highest BCUT2D eigenvalue weighted by atomic mass is 79.9. The summed E-state index contributed by atoms with van der Waals surface area (Å²) in [6, 6.07) is 0.928. The Morgan fingerprint density at radius 1 is 1.45 bits per heavy atom. The van der Waals surface area contributed by atoms with Gasteiger partial charge in [0.2, 0.25) is 0 Å². The third-order valence-electron chi connectivity index (χ3n) is 1.12. The molecule has 1 aromatic carbocycles. The van der Waals surface area contributed by atoms with E-state index in [2.05, 4.69) is 15.9 Å². The molecule has 0 heterocycles. The number of phenols is 2. The van der Waals surface area contributed by atoms with Crippen LogP contribution >= 0.6 is 27.5 Å². The number of halogens is 3. The van der Waals surface area contributed by atoms with Crippen molar-refractivity contribution < 1.29 is 14.6 Å². The van der Waals surface area contributed by atoms with Gasteiger partial charge in [-0.05, 0) is 15.9 Å². The van der Waals surface area contributed by atoms with Crippen LogP contribution in [-0.2, 0) is 0 Å². The van der Waals surface area contributed by atoms with Crippen LogP contribution in [0.15, 0.2) is 10.5 Å². The molecule has 0 aliphatic rings. The van der Waals surface area contributed by atoms with Crippen LogP contribution in [0.25, 0.3) is 0 Å². The van der Waals surface area contributed by atoms with Crippen molar-refractivity contribution in [1.29, 1.82) is 0 Å². The van der Waals surface area contributed by atoms with E-state index < -0.39 is 17.3 Å². The first kappa shape index (κ1) is 8.62. The van der Waals surface area contributed by atoms with E-state index in [4.69, 9.17) is 21.8 Å². The number of benzene rings is 1. The van der Waals surface area contributed by atoms with Crippen LogP contribution in [0.3, 0.4) is 0 Å². The van der Waals surface area contributed by atoms with Crippen LogP contribution in [0, 0.1) is 5.82 Å². The van der Waals surface area contributed by atoms with Gasteiger partial charge in [0.05, 0.1) is 5.02 Å². The molecule has 0 atom stereocenters. The summed E-state index contributed by atoms with van der Waals surface area (Å²) in [7, 11) is 0. The van der Waals surface area contributed by atoms with Crippen molar-refractivity contribution in [2.45, 2.75) is 0 Å². The standard InChI is InChI=1S/C6H3BrClFO2/c7-4-5(9)3(10)1-2(8)6(4)11/h1,10-11H. The molecule has 0 saturated heterocycles. The zero-order chi connectivity index (χ0) is 8.59. The molecule has 0 saturated carbocycles. The Bertz CT molecular complexity index is 277. The SMILES string of the molecule is Oc1cc(Cl)c(O)c(Br)c1F. The third kappa shape index (κ3) is 1.41. The summed E-state index contributed by atoms with van der Waals surface area (Å²) < 4.78 is 12.4. The van der Waals surface area contributed by atoms with Gasteiger partial charge in [-0.2, -0.15) is 0 Å². The zero-order valence-corrected chi connectivity index (χ0v) is 7.45. The fraction of sp³-hybridized carbons (Fsp3) is 0. The molecule has 0 unspecified atom stereocenters. The van der Waals surface area contributed by atoms with Gasteiger partial charge >= 0.3 is 0 Å². The van der Waals surface area contributed by atoms with E-state index in [1.54, 1.807) is 0 Å². The van der Waals surface area contributed by atoms with E-state index in [0.717, 1.165) is 6.07 Å². The average molecular weight is 241 g/mol. The Balaban J connectivity index is 3.46. The Labute approximate surface area is 75.4 Å². The van der Waals surface area contributed by atoms with Gasteiger partial charge in [-0.3, -0.25) is 0 Å². The molecular formula is C6H3BrClFO2. The molecule has 5 heteroatoms. The van der Waals surface area contributed by atoms with Gasteiger partial charge < -0.3 is 10.2 Å². The lowest BCUT2D eigenvalue weighted by molar-refractivity contribution is 0.417. The topological polar surface area (TPSA) is 40.5 Å². The quantitative estimate of drug-likeness (QED) is 0.541. The monoisotopic (exact) mass is 240 g/mol. The molecule has 0 spiro atoms. The van der Waals surface area contributed by atoms with Crippen molar-refractivity contribution in [2.75, 3.05) is 0 Å². The minimum Gasteiger partial charge on any atom is -0.505 e. The summed E-state index contributed by atoms with van der Waals surface area (Å²) >= 11 is 8.10. The first-order valence-electron chi connectivity index (χ1n) is 2.59. The second kappa shape index (κ2) is 2.87. The van der Waals surface area contributed by atoms with Crippen molar-refractivity contribution >= 4 is 27.5 Å². The van der Waals surface area contributed by atoms with Crippen LogP contribution < -0.4 is 0 Å². The van der Waals surface area contributed by atoms with E-state index in [1.807, 2.05) is 0 Å². The van der Waals surface area contributed by atoms with E-state index in [9.17, 15) is 4.39 Å². The molecular weight excluding hydrogens is 238 g/mol. The molecule has 0 radical (unpaired) electrons. The van der Waals surface area contributed by atoms with Crippen molar-refractivity contribution in [3.63, 3.8) is 0 Å². The average Bonchev–Trinajstić information content (AvgIpc) is 1.97. The number of phenolic OH excluding ortho intramolecular Hbond substituents is 2. The lowest BCUT2D eigenvalue weighted by Crippen LogP contribution is -1.80. The highest BCUT2D eigenvalue weighted by molar-refractivity contribution is 9.10. The Hall–Kier alpha value is -0.480. The Morgan fingerprint density at radius 2 is 2.00 bits per heavy atom. The molecule has 0 aliphatic heterocycles. The largest absolute Gasteiger partial charge is 0.505 e. The van der Waals surface area contributed by atoms with Gasteiger partial charge in [-0.25, -0.2) is 4.39 Å². The maximum atomic E-state index is 12.7. The summed E-state index contributed by atoms with van der Waals surface area (Å²) in [5.74, 6) is -1.94. The van der Waals surface area contributed by atoms with E-state index in [0.29, 0.717) is 0 Å². The summed E-state index contributed by atoms with van der Waals surface area (Å²) in [5, 5.41) is 17.7. The Kier molecular flexibility index (Phi) is 2.25. The number of aromatic hydroxyl groups is 2. The fourth-order valence-corrected chi connectivity index (χ4v) is 1.30. The van der Waals surface area contributed by atoms with Gasteiger partial charge in [0.25, 0.3) is 0 Å². The van der Waals surface area contributed by atoms with Crippen molar-refractivity contribution in [3.8, 4) is 11.5 Å². The lowest BCUT2D eigenvalue weighted by atomic mass is 10.3. The number of hydrogen-bond acceptors (Lipinski definition) is 2. The number of hydrogen-bond donors (Lipinski definition) is 2. The highest BCUT2D eigenvalue weighted by Crippen LogP contribution is 2.38. The molecule has 0 amide bonds. The van der Waals surface area contributed by atoms with Crippen LogP contribution in [0.5, 0.6) is 11.5 Å². The molecule has 0 aliphatic carbocycles. The van der Waals surface area contributed by atoms with Crippen molar-refractivity contribution in [3.05, 3.63) is 21.4 Å². The van der Waals surface area contributed by atoms with Gasteiger partial charge in [0.15, 0.2) is 17.3 Å². The molecule has 60 valence electrons. The second-order valence-electron chi connectivity index (χ2n) is 1.85. The zero-order valence-electron chi connectivity index (χ0n) is 5.11. The number of rotatable bonds is 0.